The molecular weight excluding hydrogens is 294 g/mol. The predicted octanol–water partition coefficient (Wildman–Crippen LogP) is 4.32. The van der Waals surface area contributed by atoms with Gasteiger partial charge in [0.1, 0.15) is 10.8 Å². The molecule has 104 valence electrons. The second kappa shape index (κ2) is 4.57. The van der Waals surface area contributed by atoms with Crippen LogP contribution in [-0.2, 0) is 6.42 Å². The van der Waals surface area contributed by atoms with Gasteiger partial charge in [-0.2, -0.15) is 0 Å². The van der Waals surface area contributed by atoms with E-state index < -0.39 is 0 Å². The molecule has 0 amide bonds. The maximum absolute atomic E-state index is 12.2. The Morgan fingerprint density at radius 2 is 2.10 bits per heavy atom. The van der Waals surface area contributed by atoms with Crippen molar-refractivity contribution in [2.24, 2.45) is 5.41 Å². The van der Waals surface area contributed by atoms with Crippen molar-refractivity contribution in [3.63, 3.8) is 0 Å². The van der Waals surface area contributed by atoms with E-state index in [1.54, 1.807) is 18.2 Å². The lowest BCUT2D eigenvalue weighted by Crippen LogP contribution is -2.25. The summed E-state index contributed by atoms with van der Waals surface area (Å²) in [6, 6.07) is 4.99. The highest BCUT2D eigenvalue weighted by Gasteiger charge is 2.33. The number of nitrogens with zero attached hydrogens (tertiary/aromatic N) is 1. The Hall–Kier alpha value is -1.39. The number of halogens is 1. The van der Waals surface area contributed by atoms with Crippen molar-refractivity contribution >= 4 is 28.7 Å². The first-order valence-corrected chi connectivity index (χ1v) is 7.57. The lowest BCUT2D eigenvalue weighted by molar-refractivity contribution is 0.0916. The normalized spacial score (nSPS) is 17.1. The summed E-state index contributed by atoms with van der Waals surface area (Å²) in [5, 5.41) is 10.5. The summed E-state index contributed by atoms with van der Waals surface area (Å²) >= 11 is 7.34. The van der Waals surface area contributed by atoms with Crippen LogP contribution in [0, 0.1) is 5.41 Å². The molecule has 1 N–H and O–H groups in total. The van der Waals surface area contributed by atoms with Crippen LogP contribution in [0.2, 0.25) is 5.02 Å². The lowest BCUT2D eigenvalue weighted by Gasteiger charge is -2.26. The number of aromatic nitrogens is 1. The van der Waals surface area contributed by atoms with Gasteiger partial charge in [0, 0.05) is 12.0 Å². The molecule has 0 spiro atoms. The molecule has 1 aliphatic rings. The first kappa shape index (κ1) is 13.6. The molecule has 0 radical (unpaired) electrons. The summed E-state index contributed by atoms with van der Waals surface area (Å²) in [6.07, 6.45) is 1.38. The van der Waals surface area contributed by atoms with Gasteiger partial charge in [-0.15, -0.1) is 11.3 Å². The van der Waals surface area contributed by atoms with E-state index in [4.69, 9.17) is 11.6 Å². The van der Waals surface area contributed by atoms with Gasteiger partial charge in [0.05, 0.1) is 15.6 Å². The van der Waals surface area contributed by atoms with Crippen LogP contribution in [0.4, 0.5) is 0 Å². The number of ketones is 1. The number of aromatic hydroxyl groups is 1. The highest BCUT2D eigenvalue weighted by atomic mass is 35.5. The number of rotatable bonds is 1. The van der Waals surface area contributed by atoms with Crippen LogP contribution in [0.25, 0.3) is 10.6 Å². The Morgan fingerprint density at radius 1 is 1.35 bits per heavy atom. The number of hydrogen-bond donors (Lipinski definition) is 1. The quantitative estimate of drug-likeness (QED) is 0.853. The Kier molecular flexibility index (Phi) is 3.10. The molecule has 2 aromatic rings. The molecule has 3 rings (SSSR count). The molecule has 3 nitrogen and oxygen atoms in total. The lowest BCUT2D eigenvalue weighted by atomic mass is 9.78. The Morgan fingerprint density at radius 3 is 2.80 bits per heavy atom. The van der Waals surface area contributed by atoms with E-state index in [1.807, 2.05) is 0 Å². The van der Waals surface area contributed by atoms with Crippen LogP contribution < -0.4 is 0 Å². The van der Waals surface area contributed by atoms with Gasteiger partial charge in [0.15, 0.2) is 5.78 Å². The third-order valence-corrected chi connectivity index (χ3v) is 4.92. The second-order valence-corrected chi connectivity index (χ2v) is 7.31. The Balaban J connectivity index is 2.05. The fraction of sp³-hybridized carbons (Fsp3) is 0.333. The number of hydrogen-bond acceptors (Lipinski definition) is 4. The highest BCUT2D eigenvalue weighted by molar-refractivity contribution is 7.17. The Bertz CT molecular complexity index is 706. The largest absolute Gasteiger partial charge is 0.506 e. The number of phenolic OH excluding ortho intramolecular Hbond substituents is 1. The molecule has 1 aromatic carbocycles. The van der Waals surface area contributed by atoms with Crippen LogP contribution in [0.3, 0.4) is 0 Å². The van der Waals surface area contributed by atoms with Gasteiger partial charge in [-0.3, -0.25) is 4.79 Å². The van der Waals surface area contributed by atoms with Crippen LogP contribution in [0.5, 0.6) is 5.75 Å². The zero-order valence-corrected chi connectivity index (χ0v) is 12.8. The molecule has 20 heavy (non-hydrogen) atoms. The van der Waals surface area contributed by atoms with Crippen molar-refractivity contribution in [3.8, 4) is 16.3 Å². The predicted molar refractivity (Wildman–Crippen MR) is 80.7 cm³/mol. The topological polar surface area (TPSA) is 50.2 Å². The van der Waals surface area contributed by atoms with E-state index in [0.717, 1.165) is 27.6 Å². The van der Waals surface area contributed by atoms with Gasteiger partial charge in [-0.25, -0.2) is 4.98 Å². The van der Waals surface area contributed by atoms with Crippen LogP contribution in [0.15, 0.2) is 18.2 Å². The molecule has 0 aliphatic heterocycles. The minimum atomic E-state index is -0.0258. The standard InChI is InChI=1S/C15H14ClNO2S/c1-15(2)6-10-13(12(19)7-15)20-14(17-10)8-3-4-11(18)9(16)5-8/h3-5,18H,6-7H2,1-2H3. The minimum absolute atomic E-state index is 0.0258. The molecule has 1 heterocycles. The molecular formula is C15H14ClNO2S. The van der Waals surface area contributed by atoms with Gasteiger partial charge in [0.25, 0.3) is 0 Å². The number of phenols is 1. The van der Waals surface area contributed by atoms with E-state index in [9.17, 15) is 9.90 Å². The molecule has 1 aliphatic carbocycles. The molecule has 0 unspecified atom stereocenters. The molecule has 0 bridgehead atoms. The van der Waals surface area contributed by atoms with E-state index in [0.29, 0.717) is 11.4 Å². The van der Waals surface area contributed by atoms with E-state index in [-0.39, 0.29) is 16.9 Å². The van der Waals surface area contributed by atoms with Crippen LogP contribution in [-0.4, -0.2) is 15.9 Å². The highest BCUT2D eigenvalue weighted by Crippen LogP contribution is 2.40. The molecule has 0 atom stereocenters. The number of carbonyl (C=O) groups excluding carboxylic acids is 1. The number of thiazole rings is 1. The van der Waals surface area contributed by atoms with Crippen molar-refractivity contribution in [1.29, 1.82) is 0 Å². The summed E-state index contributed by atoms with van der Waals surface area (Å²) in [5.74, 6) is 0.221. The minimum Gasteiger partial charge on any atom is -0.506 e. The van der Waals surface area contributed by atoms with E-state index in [2.05, 4.69) is 18.8 Å². The molecule has 0 saturated carbocycles. The van der Waals surface area contributed by atoms with Gasteiger partial charge in [0.2, 0.25) is 0 Å². The second-order valence-electron chi connectivity index (χ2n) is 5.90. The van der Waals surface area contributed by atoms with Crippen molar-refractivity contribution in [2.75, 3.05) is 0 Å². The number of Topliss-reactive ketones (excluding diaryl/α,β-unsaturated/α-hetero) is 1. The van der Waals surface area contributed by atoms with Gasteiger partial charge < -0.3 is 5.11 Å². The van der Waals surface area contributed by atoms with Crippen molar-refractivity contribution in [1.82, 2.24) is 4.98 Å². The number of carbonyl (C=O) groups is 1. The van der Waals surface area contributed by atoms with Crippen molar-refractivity contribution in [2.45, 2.75) is 26.7 Å². The number of benzene rings is 1. The SMILES string of the molecule is CC1(C)CC(=O)c2sc(-c3ccc(O)c(Cl)c3)nc2C1. The Labute approximate surface area is 126 Å². The van der Waals surface area contributed by atoms with Gasteiger partial charge in [-0.05, 0) is 30.0 Å². The van der Waals surface area contributed by atoms with Crippen LogP contribution >= 0.6 is 22.9 Å². The van der Waals surface area contributed by atoms with Crippen molar-refractivity contribution < 1.29 is 9.90 Å². The van der Waals surface area contributed by atoms with Gasteiger partial charge >= 0.3 is 0 Å². The summed E-state index contributed by atoms with van der Waals surface area (Å²) in [6.45, 7) is 4.18. The fourth-order valence-corrected chi connectivity index (χ4v) is 3.68. The zero-order chi connectivity index (χ0) is 14.5. The fourth-order valence-electron chi connectivity index (χ4n) is 2.48. The molecule has 0 saturated heterocycles. The molecule has 5 heteroatoms. The first-order valence-electron chi connectivity index (χ1n) is 6.37. The van der Waals surface area contributed by atoms with Crippen LogP contribution in [0.1, 0.15) is 35.6 Å². The number of fused-ring (bicyclic) bond motifs is 1. The maximum Gasteiger partial charge on any atom is 0.175 e. The summed E-state index contributed by atoms with van der Waals surface area (Å²) < 4.78 is 0. The van der Waals surface area contributed by atoms with Crippen molar-refractivity contribution in [3.05, 3.63) is 33.8 Å². The molecule has 0 fully saturated rings. The smallest absolute Gasteiger partial charge is 0.175 e. The summed E-state index contributed by atoms with van der Waals surface area (Å²) in [7, 11) is 0. The zero-order valence-electron chi connectivity index (χ0n) is 11.2. The monoisotopic (exact) mass is 307 g/mol. The third kappa shape index (κ3) is 2.34. The average molecular weight is 308 g/mol. The van der Waals surface area contributed by atoms with E-state index in [1.165, 1.54) is 11.3 Å². The first-order chi connectivity index (χ1) is 9.35. The maximum atomic E-state index is 12.2. The van der Waals surface area contributed by atoms with Gasteiger partial charge in [-0.1, -0.05) is 25.4 Å². The summed E-state index contributed by atoms with van der Waals surface area (Å²) in [4.78, 5) is 17.5. The molecule has 1 aromatic heterocycles. The van der Waals surface area contributed by atoms with E-state index >= 15 is 0 Å². The summed E-state index contributed by atoms with van der Waals surface area (Å²) in [5.41, 5.74) is 1.69. The third-order valence-electron chi connectivity index (χ3n) is 3.43. The average Bonchev–Trinajstić information content (AvgIpc) is 2.75.